The molecular weight excluding hydrogens is 459 g/mol. The molecule has 4 rings (SSSR count). The zero-order valence-electron chi connectivity index (χ0n) is 19.4. The number of nitrogens with one attached hydrogen (secondary N) is 2. The zero-order valence-corrected chi connectivity index (χ0v) is 19.4. The van der Waals surface area contributed by atoms with Crippen molar-refractivity contribution in [3.05, 3.63) is 54.4 Å². The molecular formula is C25H28F3N5O2. The summed E-state index contributed by atoms with van der Waals surface area (Å²) in [6.45, 7) is 3.20. The fourth-order valence-corrected chi connectivity index (χ4v) is 4.38. The minimum atomic E-state index is -4.72. The van der Waals surface area contributed by atoms with Gasteiger partial charge in [0.25, 0.3) is 0 Å². The number of anilines is 2. The maximum atomic E-state index is 13.6. The number of hydrogen-bond donors (Lipinski definition) is 2. The van der Waals surface area contributed by atoms with E-state index in [-0.39, 0.29) is 11.0 Å². The lowest BCUT2D eigenvalue weighted by atomic mass is 10.1. The van der Waals surface area contributed by atoms with E-state index in [1.54, 1.807) is 18.2 Å². The second kappa shape index (κ2) is 10.4. The number of imidazole rings is 1. The van der Waals surface area contributed by atoms with Crippen molar-refractivity contribution in [3.8, 4) is 0 Å². The fraction of sp³-hybridized carbons (Fsp3) is 0.400. The first kappa shape index (κ1) is 24.6. The van der Waals surface area contributed by atoms with Crippen LogP contribution in [0.1, 0.15) is 38.4 Å². The van der Waals surface area contributed by atoms with Crippen LogP contribution in [0, 0.1) is 0 Å². The van der Waals surface area contributed by atoms with E-state index in [9.17, 15) is 22.8 Å². The fourth-order valence-electron chi connectivity index (χ4n) is 4.38. The lowest BCUT2D eigenvalue weighted by Gasteiger charge is -2.21. The van der Waals surface area contributed by atoms with Crippen LogP contribution < -0.4 is 15.5 Å². The van der Waals surface area contributed by atoms with Crippen molar-refractivity contribution in [1.29, 1.82) is 0 Å². The first-order valence-electron chi connectivity index (χ1n) is 11.7. The van der Waals surface area contributed by atoms with Gasteiger partial charge in [0.1, 0.15) is 12.6 Å². The molecule has 35 heavy (non-hydrogen) atoms. The highest BCUT2D eigenvalue weighted by Crippen LogP contribution is 2.31. The van der Waals surface area contributed by atoms with E-state index in [4.69, 9.17) is 0 Å². The number of aromatic nitrogens is 2. The summed E-state index contributed by atoms with van der Waals surface area (Å²) in [7, 11) is 0. The van der Waals surface area contributed by atoms with E-state index in [0.717, 1.165) is 36.2 Å². The van der Waals surface area contributed by atoms with Gasteiger partial charge in [-0.05, 0) is 49.6 Å². The molecule has 2 amide bonds. The Bertz CT molecular complexity index is 1200. The molecule has 1 unspecified atom stereocenters. The van der Waals surface area contributed by atoms with Crippen LogP contribution in [-0.4, -0.2) is 40.5 Å². The van der Waals surface area contributed by atoms with E-state index < -0.39 is 36.4 Å². The molecule has 0 bridgehead atoms. The number of carbonyl (C=O) groups is 2. The van der Waals surface area contributed by atoms with Gasteiger partial charge in [0.2, 0.25) is 17.6 Å². The molecule has 7 nitrogen and oxygen atoms in total. The van der Waals surface area contributed by atoms with Crippen LogP contribution in [0.25, 0.3) is 11.0 Å². The number of fused-ring (bicyclic) bond motifs is 1. The molecule has 1 fully saturated rings. The molecule has 1 atom stereocenters. The Labute approximate surface area is 201 Å². The number of nitrogens with zero attached hydrogens (tertiary/aromatic N) is 3. The second-order valence-electron chi connectivity index (χ2n) is 8.65. The summed E-state index contributed by atoms with van der Waals surface area (Å²) in [5.41, 5.74) is 1.97. The van der Waals surface area contributed by atoms with Gasteiger partial charge in [-0.25, -0.2) is 4.98 Å². The number of carbonyl (C=O) groups excluding carboxylic acids is 2. The highest BCUT2D eigenvalue weighted by Gasteiger charge is 2.38. The molecule has 2 N–H and O–H groups in total. The number of amides is 2. The Morgan fingerprint density at radius 1 is 1.09 bits per heavy atom. The van der Waals surface area contributed by atoms with Crippen LogP contribution in [0.3, 0.4) is 0 Å². The SMILES string of the molecule is CCCC(NC(=O)Cn1c(C(F)(F)F)nc2ccccc21)C(=O)Nc1cccc(N2CCCC2)c1. The van der Waals surface area contributed by atoms with Crippen molar-refractivity contribution in [2.24, 2.45) is 0 Å². The van der Waals surface area contributed by atoms with Gasteiger partial charge in [0, 0.05) is 24.5 Å². The molecule has 0 radical (unpaired) electrons. The van der Waals surface area contributed by atoms with E-state index in [0.29, 0.717) is 18.5 Å². The molecule has 0 saturated carbocycles. The molecule has 10 heteroatoms. The van der Waals surface area contributed by atoms with Crippen LogP contribution in [0.2, 0.25) is 0 Å². The predicted octanol–water partition coefficient (Wildman–Crippen LogP) is 4.58. The first-order chi connectivity index (χ1) is 16.8. The lowest BCUT2D eigenvalue weighted by Crippen LogP contribution is -2.45. The Kier molecular flexibility index (Phi) is 7.28. The minimum absolute atomic E-state index is 0.147. The van der Waals surface area contributed by atoms with E-state index in [1.807, 2.05) is 25.1 Å². The van der Waals surface area contributed by atoms with Crippen LogP contribution in [-0.2, 0) is 22.3 Å². The molecule has 1 aliphatic rings. The quantitative estimate of drug-likeness (QED) is 0.488. The lowest BCUT2D eigenvalue weighted by molar-refractivity contribution is -0.147. The van der Waals surface area contributed by atoms with Gasteiger partial charge in [-0.2, -0.15) is 13.2 Å². The summed E-state index contributed by atoms with van der Waals surface area (Å²) in [5.74, 6) is -2.26. The van der Waals surface area contributed by atoms with Crippen LogP contribution in [0.4, 0.5) is 24.5 Å². The second-order valence-corrected chi connectivity index (χ2v) is 8.65. The third-order valence-corrected chi connectivity index (χ3v) is 6.02. The van der Waals surface area contributed by atoms with Crippen molar-refractivity contribution >= 4 is 34.2 Å². The molecule has 2 aromatic carbocycles. The normalized spacial score (nSPS) is 14.8. The van der Waals surface area contributed by atoms with Gasteiger partial charge in [0.05, 0.1) is 11.0 Å². The van der Waals surface area contributed by atoms with Crippen molar-refractivity contribution in [2.75, 3.05) is 23.3 Å². The topological polar surface area (TPSA) is 79.3 Å². The van der Waals surface area contributed by atoms with Gasteiger partial charge in [-0.3, -0.25) is 9.59 Å². The number of rotatable bonds is 8. The summed E-state index contributed by atoms with van der Waals surface area (Å²) in [5, 5.41) is 5.45. The van der Waals surface area contributed by atoms with E-state index in [2.05, 4.69) is 20.5 Å². The molecule has 3 aromatic rings. The Morgan fingerprint density at radius 3 is 2.54 bits per heavy atom. The Morgan fingerprint density at radius 2 is 1.83 bits per heavy atom. The van der Waals surface area contributed by atoms with E-state index in [1.165, 1.54) is 12.1 Å². The van der Waals surface area contributed by atoms with Crippen LogP contribution >= 0.6 is 0 Å². The first-order valence-corrected chi connectivity index (χ1v) is 11.7. The van der Waals surface area contributed by atoms with Gasteiger partial charge in [0.15, 0.2) is 0 Å². The Hall–Kier alpha value is -3.56. The monoisotopic (exact) mass is 487 g/mol. The van der Waals surface area contributed by atoms with Crippen molar-refractivity contribution in [1.82, 2.24) is 14.9 Å². The number of para-hydroxylation sites is 2. The Balaban J connectivity index is 1.48. The zero-order chi connectivity index (χ0) is 25.0. The van der Waals surface area contributed by atoms with Crippen molar-refractivity contribution < 1.29 is 22.8 Å². The van der Waals surface area contributed by atoms with Crippen molar-refractivity contribution in [3.63, 3.8) is 0 Å². The third kappa shape index (κ3) is 5.75. The minimum Gasteiger partial charge on any atom is -0.371 e. The largest absolute Gasteiger partial charge is 0.449 e. The average molecular weight is 488 g/mol. The summed E-state index contributed by atoms with van der Waals surface area (Å²) in [4.78, 5) is 31.7. The van der Waals surface area contributed by atoms with E-state index >= 15 is 0 Å². The van der Waals surface area contributed by atoms with Gasteiger partial charge in [-0.15, -0.1) is 0 Å². The average Bonchev–Trinajstić information content (AvgIpc) is 3.48. The number of hydrogen-bond acceptors (Lipinski definition) is 4. The number of benzene rings is 2. The standard InChI is InChI=1S/C25H28F3N5O2/c1-2-8-20(23(35)29-17-9-7-10-18(15-17)32-13-5-6-14-32)30-22(34)16-33-21-12-4-3-11-19(21)31-24(33)25(26,27)28/h3-4,7,9-12,15,20H,2,5-6,8,13-14,16H2,1H3,(H,29,35)(H,30,34). The molecule has 0 aliphatic carbocycles. The number of alkyl halides is 3. The maximum Gasteiger partial charge on any atom is 0.449 e. The van der Waals surface area contributed by atoms with Crippen molar-refractivity contribution in [2.45, 2.75) is 51.4 Å². The highest BCUT2D eigenvalue weighted by atomic mass is 19.4. The summed E-state index contributed by atoms with van der Waals surface area (Å²) < 4.78 is 41.5. The molecule has 186 valence electrons. The highest BCUT2D eigenvalue weighted by molar-refractivity contribution is 5.97. The van der Waals surface area contributed by atoms with Gasteiger partial charge < -0.3 is 20.1 Å². The smallest absolute Gasteiger partial charge is 0.371 e. The number of halogens is 3. The molecule has 1 aromatic heterocycles. The van der Waals surface area contributed by atoms with Gasteiger partial charge >= 0.3 is 6.18 Å². The molecule has 2 heterocycles. The molecule has 1 aliphatic heterocycles. The summed E-state index contributed by atoms with van der Waals surface area (Å²) in [6, 6.07) is 12.7. The third-order valence-electron chi connectivity index (χ3n) is 6.02. The van der Waals surface area contributed by atoms with Crippen LogP contribution in [0.5, 0.6) is 0 Å². The molecule has 1 saturated heterocycles. The predicted molar refractivity (Wildman–Crippen MR) is 128 cm³/mol. The summed E-state index contributed by atoms with van der Waals surface area (Å²) in [6.07, 6.45) is -1.51. The maximum absolute atomic E-state index is 13.6. The molecule has 0 spiro atoms. The van der Waals surface area contributed by atoms with Crippen LogP contribution in [0.15, 0.2) is 48.5 Å². The summed E-state index contributed by atoms with van der Waals surface area (Å²) >= 11 is 0. The van der Waals surface area contributed by atoms with Gasteiger partial charge in [-0.1, -0.05) is 31.5 Å².